The van der Waals surface area contributed by atoms with Crippen molar-refractivity contribution in [2.75, 3.05) is 69.3 Å². The highest BCUT2D eigenvalue weighted by Crippen LogP contribution is 2.47. The minimum atomic E-state index is -0.698. The van der Waals surface area contributed by atoms with E-state index in [1.165, 1.54) is 13.4 Å². The minimum absolute atomic E-state index is 0.0730. The van der Waals surface area contributed by atoms with E-state index in [0.717, 1.165) is 16.7 Å². The summed E-state index contributed by atoms with van der Waals surface area (Å²) >= 11 is 6.97. The Morgan fingerprint density at radius 1 is 1.09 bits per heavy atom. The number of amides is 1. The van der Waals surface area contributed by atoms with Gasteiger partial charge in [0.05, 0.1) is 35.2 Å². The zero-order valence-corrected chi connectivity index (χ0v) is 27.9. The highest BCUT2D eigenvalue weighted by Gasteiger charge is 2.31. The van der Waals surface area contributed by atoms with Crippen LogP contribution in [0.15, 0.2) is 30.6 Å². The summed E-state index contributed by atoms with van der Waals surface area (Å²) in [7, 11) is 0.790. The Labute approximate surface area is 263 Å². The molecule has 1 saturated heterocycles. The van der Waals surface area contributed by atoms with Crippen molar-refractivity contribution >= 4 is 55.3 Å². The molecular weight excluding hydrogens is 607 g/mol. The standard InChI is InChI=1S/C31H40ClFN6O4S/c1-31(2,3)43-30(40)38-14-12-37(13-15-38)29-23-27(34-18-35-29)25(33)22(24(32)28(23)41-4)26-20-10-8-9-11-21(20)39(36-26)19-42-16-17-44(5,6)7/h8-11,18H,12-17,19H2,1-7H3. The number of piperazine rings is 1. The van der Waals surface area contributed by atoms with E-state index in [1.54, 1.807) is 9.58 Å². The van der Waals surface area contributed by atoms with Crippen LogP contribution >= 0.6 is 21.6 Å². The molecule has 0 saturated carbocycles. The Hall–Kier alpha value is -3.35. The maximum absolute atomic E-state index is 16.6. The Kier molecular flexibility index (Phi) is 9.16. The number of halogens is 2. The van der Waals surface area contributed by atoms with E-state index < -0.39 is 21.4 Å². The van der Waals surface area contributed by atoms with E-state index in [4.69, 9.17) is 30.9 Å². The van der Waals surface area contributed by atoms with Crippen LogP contribution in [0.2, 0.25) is 5.02 Å². The number of nitrogens with zero attached hydrogens (tertiary/aromatic N) is 6. The molecule has 0 bridgehead atoms. The summed E-state index contributed by atoms with van der Waals surface area (Å²) in [5.74, 6) is 1.09. The van der Waals surface area contributed by atoms with Crippen LogP contribution in [0.1, 0.15) is 20.8 Å². The van der Waals surface area contributed by atoms with Crippen molar-refractivity contribution in [1.29, 1.82) is 0 Å². The van der Waals surface area contributed by atoms with E-state index >= 15 is 4.39 Å². The number of para-hydroxylation sites is 1. The van der Waals surface area contributed by atoms with Crippen LogP contribution in [0.4, 0.5) is 15.0 Å². The molecule has 238 valence electrons. The van der Waals surface area contributed by atoms with Gasteiger partial charge in [-0.25, -0.2) is 33.9 Å². The van der Waals surface area contributed by atoms with Crippen LogP contribution in [-0.4, -0.2) is 101 Å². The van der Waals surface area contributed by atoms with Crippen molar-refractivity contribution in [2.24, 2.45) is 0 Å². The zero-order chi connectivity index (χ0) is 31.8. The quantitative estimate of drug-likeness (QED) is 0.210. The Morgan fingerprint density at radius 2 is 1.80 bits per heavy atom. The summed E-state index contributed by atoms with van der Waals surface area (Å²) in [4.78, 5) is 25.1. The third-order valence-corrected chi connectivity index (χ3v) is 9.04. The summed E-state index contributed by atoms with van der Waals surface area (Å²) in [6, 6.07) is 7.59. The van der Waals surface area contributed by atoms with Crippen molar-refractivity contribution in [1.82, 2.24) is 24.6 Å². The smallest absolute Gasteiger partial charge is 0.410 e. The average Bonchev–Trinajstić information content (AvgIpc) is 3.32. The highest BCUT2D eigenvalue weighted by molar-refractivity contribution is 8.32. The summed E-state index contributed by atoms with van der Waals surface area (Å²) in [5, 5.41) is 5.95. The van der Waals surface area contributed by atoms with E-state index in [0.29, 0.717) is 49.7 Å². The Bertz CT molecular complexity index is 1680. The van der Waals surface area contributed by atoms with Gasteiger partial charge in [-0.3, -0.25) is 0 Å². The van der Waals surface area contributed by atoms with E-state index in [1.807, 2.05) is 49.9 Å². The van der Waals surface area contributed by atoms with Gasteiger partial charge in [0.15, 0.2) is 11.6 Å². The molecule has 1 aliphatic heterocycles. The van der Waals surface area contributed by atoms with Crippen molar-refractivity contribution in [2.45, 2.75) is 33.1 Å². The van der Waals surface area contributed by atoms with Gasteiger partial charge in [0, 0.05) is 37.3 Å². The first-order valence-electron chi connectivity index (χ1n) is 14.4. The molecule has 1 fully saturated rings. The topological polar surface area (TPSA) is 94.8 Å². The van der Waals surface area contributed by atoms with Crippen molar-refractivity contribution < 1.29 is 23.4 Å². The lowest BCUT2D eigenvalue weighted by Crippen LogP contribution is -2.50. The van der Waals surface area contributed by atoms with Gasteiger partial charge in [-0.15, -0.1) is 0 Å². The molecule has 2 aromatic heterocycles. The lowest BCUT2D eigenvalue weighted by Gasteiger charge is -2.36. The third kappa shape index (κ3) is 6.67. The van der Waals surface area contributed by atoms with Crippen LogP contribution in [0.25, 0.3) is 33.1 Å². The number of hydrogen-bond acceptors (Lipinski definition) is 8. The molecule has 0 aliphatic carbocycles. The number of rotatable bonds is 8. The molecule has 1 aliphatic rings. The fourth-order valence-corrected chi connectivity index (χ4v) is 6.09. The van der Waals surface area contributed by atoms with Crippen LogP contribution in [0.3, 0.4) is 0 Å². The number of aromatic nitrogens is 4. The molecule has 0 spiro atoms. The number of fused-ring (bicyclic) bond motifs is 2. The lowest BCUT2D eigenvalue weighted by atomic mass is 10.0. The van der Waals surface area contributed by atoms with E-state index in [2.05, 4.69) is 28.7 Å². The second-order valence-electron chi connectivity index (χ2n) is 12.6. The van der Waals surface area contributed by atoms with Gasteiger partial charge in [-0.2, -0.15) is 5.10 Å². The largest absolute Gasteiger partial charge is 0.494 e. The van der Waals surface area contributed by atoms with Crippen molar-refractivity contribution in [3.8, 4) is 17.0 Å². The molecule has 0 unspecified atom stereocenters. The number of carbonyl (C=O) groups excluding carboxylic acids is 1. The molecule has 0 atom stereocenters. The lowest BCUT2D eigenvalue weighted by molar-refractivity contribution is 0.0240. The summed E-state index contributed by atoms with van der Waals surface area (Å²) in [6.45, 7) is 8.09. The molecule has 2 aromatic carbocycles. The van der Waals surface area contributed by atoms with Crippen molar-refractivity contribution in [3.63, 3.8) is 0 Å². The normalized spacial score (nSPS) is 14.8. The summed E-state index contributed by atoms with van der Waals surface area (Å²) in [6.07, 6.45) is 7.70. The van der Waals surface area contributed by atoms with Crippen LogP contribution in [0, 0.1) is 5.82 Å². The number of hydrogen-bond donors (Lipinski definition) is 0. The third-order valence-electron chi connectivity index (χ3n) is 7.28. The first-order valence-corrected chi connectivity index (χ1v) is 17.8. The second-order valence-corrected chi connectivity index (χ2v) is 17.6. The van der Waals surface area contributed by atoms with Crippen LogP contribution < -0.4 is 9.64 Å². The summed E-state index contributed by atoms with van der Waals surface area (Å²) in [5.41, 5.74) is 0.761. The molecule has 13 heteroatoms. The fraction of sp³-hybridized carbons (Fsp3) is 0.484. The maximum Gasteiger partial charge on any atom is 0.410 e. The second kappa shape index (κ2) is 12.6. The van der Waals surface area contributed by atoms with Crippen LogP contribution in [0.5, 0.6) is 5.75 Å². The molecule has 10 nitrogen and oxygen atoms in total. The van der Waals surface area contributed by atoms with Gasteiger partial charge >= 0.3 is 6.09 Å². The first-order chi connectivity index (χ1) is 20.8. The predicted molar refractivity (Wildman–Crippen MR) is 176 cm³/mol. The number of benzene rings is 2. The predicted octanol–water partition coefficient (Wildman–Crippen LogP) is 6.17. The van der Waals surface area contributed by atoms with Gasteiger partial charge in [0.25, 0.3) is 0 Å². The number of carbonyl (C=O) groups is 1. The van der Waals surface area contributed by atoms with Gasteiger partial charge in [-0.05, 0) is 45.6 Å². The number of methoxy groups -OCH3 is 1. The molecule has 5 rings (SSSR count). The summed E-state index contributed by atoms with van der Waals surface area (Å²) < 4.78 is 35.6. The number of ether oxygens (including phenoxy) is 3. The Morgan fingerprint density at radius 3 is 2.45 bits per heavy atom. The molecule has 4 aromatic rings. The Balaban J connectivity index is 1.51. The first kappa shape index (κ1) is 32.1. The monoisotopic (exact) mass is 646 g/mol. The fourth-order valence-electron chi connectivity index (χ4n) is 5.13. The highest BCUT2D eigenvalue weighted by atomic mass is 35.5. The van der Waals surface area contributed by atoms with Gasteiger partial charge < -0.3 is 24.0 Å². The maximum atomic E-state index is 16.6. The average molecular weight is 647 g/mol. The van der Waals surface area contributed by atoms with Gasteiger partial charge in [0.1, 0.15) is 35.7 Å². The zero-order valence-electron chi connectivity index (χ0n) is 26.3. The number of anilines is 1. The molecule has 44 heavy (non-hydrogen) atoms. The van der Waals surface area contributed by atoms with Gasteiger partial charge in [0.2, 0.25) is 0 Å². The van der Waals surface area contributed by atoms with Crippen molar-refractivity contribution in [3.05, 3.63) is 41.4 Å². The molecule has 0 radical (unpaired) electrons. The SMILES string of the molecule is COc1c(Cl)c(-c2nn(COCCS(C)(C)C)c3ccccc23)c(F)c2ncnc(N3CCN(C(=O)OC(C)(C)C)CC3)c12. The van der Waals surface area contributed by atoms with Gasteiger partial charge in [-0.1, -0.05) is 29.8 Å². The minimum Gasteiger partial charge on any atom is -0.494 e. The van der Waals surface area contributed by atoms with E-state index in [9.17, 15) is 4.79 Å². The van der Waals surface area contributed by atoms with E-state index in [-0.39, 0.29) is 34.7 Å². The molecular formula is C31H40ClFN6O4S. The van der Waals surface area contributed by atoms with Crippen LogP contribution in [-0.2, 0) is 16.2 Å². The molecule has 1 amide bonds. The molecule has 3 heterocycles. The molecule has 0 N–H and O–H groups in total.